The molecule has 4 rings (SSSR count). The summed E-state index contributed by atoms with van der Waals surface area (Å²) < 4.78 is 2.28. The molecule has 1 amide bonds. The predicted molar refractivity (Wildman–Crippen MR) is 98.5 cm³/mol. The highest BCUT2D eigenvalue weighted by atomic mass is 16.2. The van der Waals surface area contributed by atoms with E-state index in [0.29, 0.717) is 12.5 Å². The molecule has 2 aliphatic rings. The van der Waals surface area contributed by atoms with E-state index in [1.54, 1.807) is 0 Å². The van der Waals surface area contributed by atoms with Gasteiger partial charge in [0, 0.05) is 30.9 Å². The van der Waals surface area contributed by atoms with Gasteiger partial charge in [-0.3, -0.25) is 4.79 Å². The number of aryl methyl sites for hydroxylation is 1. The van der Waals surface area contributed by atoms with Crippen LogP contribution in [0.3, 0.4) is 0 Å². The van der Waals surface area contributed by atoms with Crippen molar-refractivity contribution in [3.63, 3.8) is 0 Å². The smallest absolute Gasteiger partial charge is 0.230 e. The van der Waals surface area contributed by atoms with Gasteiger partial charge in [0.25, 0.3) is 0 Å². The molecule has 0 aliphatic heterocycles. The zero-order chi connectivity index (χ0) is 17.3. The molecule has 1 aromatic heterocycles. The van der Waals surface area contributed by atoms with Crippen molar-refractivity contribution in [2.75, 3.05) is 6.54 Å². The van der Waals surface area contributed by atoms with E-state index in [-0.39, 0.29) is 11.3 Å². The lowest BCUT2D eigenvalue weighted by molar-refractivity contribution is -0.126. The first-order chi connectivity index (χ1) is 12.2. The molecule has 0 saturated heterocycles. The second kappa shape index (κ2) is 6.66. The van der Waals surface area contributed by atoms with Gasteiger partial charge in [-0.15, -0.1) is 0 Å². The van der Waals surface area contributed by atoms with Crippen LogP contribution in [0, 0.1) is 6.92 Å². The Kier molecular flexibility index (Phi) is 4.36. The monoisotopic (exact) mass is 337 g/mol. The van der Waals surface area contributed by atoms with E-state index in [4.69, 9.17) is 0 Å². The van der Waals surface area contributed by atoms with Gasteiger partial charge in [-0.2, -0.15) is 0 Å². The number of hydrogen-bond acceptors (Lipinski definition) is 2. The van der Waals surface area contributed by atoms with Crippen molar-refractivity contribution in [3.05, 3.63) is 53.6 Å². The van der Waals surface area contributed by atoms with Crippen LogP contribution < -0.4 is 5.32 Å². The molecule has 1 heterocycles. The van der Waals surface area contributed by atoms with Crippen molar-refractivity contribution >= 4 is 5.91 Å². The Hall–Kier alpha value is -2.10. The van der Waals surface area contributed by atoms with E-state index in [9.17, 15) is 4.79 Å². The summed E-state index contributed by atoms with van der Waals surface area (Å²) in [5.41, 5.74) is 2.03. The summed E-state index contributed by atoms with van der Waals surface area (Å²) in [6, 6.07) is 10.3. The van der Waals surface area contributed by atoms with E-state index in [2.05, 4.69) is 33.9 Å². The Morgan fingerprint density at radius 2 is 1.96 bits per heavy atom. The van der Waals surface area contributed by atoms with Crippen LogP contribution in [0.5, 0.6) is 0 Å². The molecule has 4 heteroatoms. The first kappa shape index (κ1) is 16.4. The van der Waals surface area contributed by atoms with Crippen molar-refractivity contribution in [1.29, 1.82) is 0 Å². The third kappa shape index (κ3) is 3.10. The second-order valence-corrected chi connectivity index (χ2v) is 7.59. The highest BCUT2D eigenvalue weighted by Gasteiger charge is 2.42. The van der Waals surface area contributed by atoms with Gasteiger partial charge in [-0.05, 0) is 38.2 Å². The number of hydrogen-bond donors (Lipinski definition) is 1. The maximum Gasteiger partial charge on any atom is 0.230 e. The molecule has 2 aliphatic carbocycles. The minimum atomic E-state index is -0.329. The Balaban J connectivity index is 1.44. The lowest BCUT2D eigenvalue weighted by Gasteiger charge is -2.28. The summed E-state index contributed by atoms with van der Waals surface area (Å²) in [5, 5.41) is 3.23. The number of aromatic nitrogens is 2. The maximum absolute atomic E-state index is 13.1. The predicted octanol–water partition coefficient (Wildman–Crippen LogP) is 3.70. The summed E-state index contributed by atoms with van der Waals surface area (Å²) in [5.74, 6) is 2.03. The van der Waals surface area contributed by atoms with Crippen LogP contribution in [0.1, 0.15) is 61.5 Å². The highest BCUT2D eigenvalue weighted by molar-refractivity contribution is 5.88. The Bertz CT molecular complexity index is 740. The van der Waals surface area contributed by atoms with Crippen LogP contribution in [0.4, 0.5) is 0 Å². The van der Waals surface area contributed by atoms with E-state index in [0.717, 1.165) is 32.2 Å². The van der Waals surface area contributed by atoms with Gasteiger partial charge in [0.1, 0.15) is 5.82 Å². The van der Waals surface area contributed by atoms with Crippen molar-refractivity contribution in [2.45, 2.75) is 63.3 Å². The van der Waals surface area contributed by atoms with Gasteiger partial charge < -0.3 is 9.88 Å². The molecule has 0 spiro atoms. The van der Waals surface area contributed by atoms with Gasteiger partial charge in [-0.1, -0.05) is 43.2 Å². The lowest BCUT2D eigenvalue weighted by atomic mass is 9.78. The van der Waals surface area contributed by atoms with Crippen molar-refractivity contribution in [1.82, 2.24) is 14.9 Å². The molecule has 0 atom stereocenters. The summed E-state index contributed by atoms with van der Waals surface area (Å²) in [6.07, 6.45) is 8.64. The Morgan fingerprint density at radius 3 is 2.64 bits per heavy atom. The molecule has 0 radical (unpaired) electrons. The molecule has 2 fully saturated rings. The first-order valence-corrected chi connectivity index (χ1v) is 9.56. The van der Waals surface area contributed by atoms with Crippen LogP contribution in [-0.4, -0.2) is 22.0 Å². The quantitative estimate of drug-likeness (QED) is 0.874. The third-order valence-electron chi connectivity index (χ3n) is 5.87. The number of nitrogens with zero attached hydrogens (tertiary/aromatic N) is 2. The van der Waals surface area contributed by atoms with E-state index >= 15 is 0 Å². The van der Waals surface area contributed by atoms with E-state index in [1.807, 2.05) is 24.4 Å². The number of nitrogens with one attached hydrogen (secondary N) is 1. The number of carbonyl (C=O) groups excluding carboxylic acids is 1. The molecule has 132 valence electrons. The molecule has 0 bridgehead atoms. The SMILES string of the molecule is Cc1cnc(C2CC2)n1CCNC(=O)C1(c2ccccc2)CCCC1. The molecule has 4 nitrogen and oxygen atoms in total. The summed E-state index contributed by atoms with van der Waals surface area (Å²) in [6.45, 7) is 3.59. The number of carbonyl (C=O) groups is 1. The van der Waals surface area contributed by atoms with Crippen molar-refractivity contribution < 1.29 is 4.79 Å². The normalized spacial score (nSPS) is 19.1. The fourth-order valence-electron chi connectivity index (χ4n) is 4.27. The van der Waals surface area contributed by atoms with Gasteiger partial charge in [0.15, 0.2) is 0 Å². The van der Waals surface area contributed by atoms with Crippen LogP contribution >= 0.6 is 0 Å². The number of rotatable bonds is 6. The summed E-state index contributed by atoms with van der Waals surface area (Å²) in [7, 11) is 0. The number of imidazole rings is 1. The minimum Gasteiger partial charge on any atom is -0.354 e. The maximum atomic E-state index is 13.1. The first-order valence-electron chi connectivity index (χ1n) is 9.56. The fraction of sp³-hybridized carbons (Fsp3) is 0.524. The zero-order valence-electron chi connectivity index (χ0n) is 15.0. The molecule has 2 aromatic rings. The van der Waals surface area contributed by atoms with E-state index in [1.165, 1.54) is 29.9 Å². The largest absolute Gasteiger partial charge is 0.354 e. The molecule has 25 heavy (non-hydrogen) atoms. The molecular formula is C21H27N3O. The van der Waals surface area contributed by atoms with Gasteiger partial charge in [-0.25, -0.2) is 4.98 Å². The van der Waals surface area contributed by atoms with Gasteiger partial charge >= 0.3 is 0 Å². The van der Waals surface area contributed by atoms with Gasteiger partial charge in [0.05, 0.1) is 5.41 Å². The molecular weight excluding hydrogens is 310 g/mol. The molecule has 1 N–H and O–H groups in total. The average Bonchev–Trinajstić information content (AvgIpc) is 3.23. The second-order valence-electron chi connectivity index (χ2n) is 7.59. The zero-order valence-corrected chi connectivity index (χ0v) is 15.0. The average molecular weight is 337 g/mol. The van der Waals surface area contributed by atoms with Crippen molar-refractivity contribution in [2.24, 2.45) is 0 Å². The van der Waals surface area contributed by atoms with Crippen LogP contribution in [-0.2, 0) is 16.8 Å². The summed E-state index contributed by atoms with van der Waals surface area (Å²) >= 11 is 0. The highest BCUT2D eigenvalue weighted by Crippen LogP contribution is 2.41. The van der Waals surface area contributed by atoms with Crippen molar-refractivity contribution in [3.8, 4) is 0 Å². The number of amides is 1. The molecule has 2 saturated carbocycles. The van der Waals surface area contributed by atoms with E-state index < -0.39 is 0 Å². The van der Waals surface area contributed by atoms with Crippen LogP contribution in [0.2, 0.25) is 0 Å². The lowest BCUT2D eigenvalue weighted by Crippen LogP contribution is -2.43. The van der Waals surface area contributed by atoms with Crippen LogP contribution in [0.25, 0.3) is 0 Å². The minimum absolute atomic E-state index is 0.196. The molecule has 1 aromatic carbocycles. The standard InChI is InChI=1S/C21H27N3O/c1-16-15-23-19(17-9-10-17)24(16)14-13-22-20(25)21(11-5-6-12-21)18-7-3-2-4-8-18/h2-4,7-8,15,17H,5-6,9-14H2,1H3,(H,22,25). The fourth-order valence-corrected chi connectivity index (χ4v) is 4.27. The topological polar surface area (TPSA) is 46.9 Å². The Labute approximate surface area is 149 Å². The summed E-state index contributed by atoms with van der Waals surface area (Å²) in [4.78, 5) is 17.6. The Morgan fingerprint density at radius 1 is 1.24 bits per heavy atom. The number of benzene rings is 1. The molecule has 0 unspecified atom stereocenters. The van der Waals surface area contributed by atoms with Gasteiger partial charge in [0.2, 0.25) is 5.91 Å². The van der Waals surface area contributed by atoms with Crippen LogP contribution in [0.15, 0.2) is 36.5 Å². The third-order valence-corrected chi connectivity index (χ3v) is 5.87.